The van der Waals surface area contributed by atoms with Gasteiger partial charge in [0.2, 0.25) is 0 Å². The van der Waals surface area contributed by atoms with E-state index in [-0.39, 0.29) is 12.3 Å². The van der Waals surface area contributed by atoms with E-state index in [9.17, 15) is 9.90 Å². The molecular weight excluding hydrogens is 192 g/mol. The van der Waals surface area contributed by atoms with E-state index < -0.39 is 12.1 Å². The Labute approximate surface area is 88.4 Å². The van der Waals surface area contributed by atoms with E-state index in [1.165, 1.54) is 11.1 Å². The largest absolute Gasteiger partial charge is 0.481 e. The lowest BCUT2D eigenvalue weighted by atomic mass is 9.97. The van der Waals surface area contributed by atoms with E-state index in [0.29, 0.717) is 0 Å². The van der Waals surface area contributed by atoms with Crippen molar-refractivity contribution in [1.82, 2.24) is 0 Å². The van der Waals surface area contributed by atoms with Gasteiger partial charge in [-0.2, -0.15) is 0 Å². The van der Waals surface area contributed by atoms with Crippen LogP contribution in [0, 0.1) is 5.92 Å². The number of carbonyl (C=O) groups is 1. The van der Waals surface area contributed by atoms with Gasteiger partial charge in [-0.15, -0.1) is 0 Å². The smallest absolute Gasteiger partial charge is 0.305 e. The lowest BCUT2D eigenvalue weighted by Crippen LogP contribution is -2.23. The highest BCUT2D eigenvalue weighted by molar-refractivity contribution is 5.67. The quantitative estimate of drug-likeness (QED) is 0.782. The van der Waals surface area contributed by atoms with Crippen molar-refractivity contribution in [2.45, 2.75) is 25.4 Å². The number of fused-ring (bicyclic) bond motifs is 1. The minimum atomic E-state index is -0.932. The summed E-state index contributed by atoms with van der Waals surface area (Å²) < 4.78 is 0. The molecule has 1 aliphatic carbocycles. The first-order valence-electron chi connectivity index (χ1n) is 5.13. The molecule has 2 N–H and O–H groups in total. The summed E-state index contributed by atoms with van der Waals surface area (Å²) in [4.78, 5) is 10.5. The van der Waals surface area contributed by atoms with E-state index in [1.54, 1.807) is 0 Å². The third-order valence-corrected chi connectivity index (χ3v) is 3.01. The van der Waals surface area contributed by atoms with Gasteiger partial charge in [0, 0.05) is 0 Å². The van der Waals surface area contributed by atoms with Crippen molar-refractivity contribution in [3.8, 4) is 0 Å². The molecule has 2 rings (SSSR count). The molecule has 1 atom stereocenters. The maximum Gasteiger partial charge on any atom is 0.305 e. The molecule has 0 fully saturated rings. The molecule has 0 amide bonds. The van der Waals surface area contributed by atoms with Crippen molar-refractivity contribution in [2.24, 2.45) is 5.92 Å². The molecule has 0 aromatic heterocycles. The van der Waals surface area contributed by atoms with Crippen molar-refractivity contribution in [3.63, 3.8) is 0 Å². The number of aliphatic carboxylic acids is 1. The summed E-state index contributed by atoms with van der Waals surface area (Å²) >= 11 is 0. The highest BCUT2D eigenvalue weighted by Gasteiger charge is 2.28. The number of carboxylic acid groups (broad SMARTS) is 1. The molecular formula is C12H14O3. The molecule has 3 heteroatoms. The Morgan fingerprint density at radius 2 is 1.87 bits per heavy atom. The van der Waals surface area contributed by atoms with Gasteiger partial charge in [-0.3, -0.25) is 4.79 Å². The van der Waals surface area contributed by atoms with Crippen molar-refractivity contribution >= 4 is 5.97 Å². The van der Waals surface area contributed by atoms with Crippen LogP contribution in [0.1, 0.15) is 17.5 Å². The lowest BCUT2D eigenvalue weighted by molar-refractivity contribution is -0.139. The number of aliphatic hydroxyl groups is 1. The first kappa shape index (κ1) is 10.2. The Morgan fingerprint density at radius 1 is 1.33 bits per heavy atom. The van der Waals surface area contributed by atoms with E-state index in [2.05, 4.69) is 0 Å². The van der Waals surface area contributed by atoms with Crippen LogP contribution in [0.25, 0.3) is 0 Å². The maximum absolute atomic E-state index is 10.5. The molecule has 0 radical (unpaired) electrons. The first-order valence-corrected chi connectivity index (χ1v) is 5.13. The van der Waals surface area contributed by atoms with Gasteiger partial charge in [0.25, 0.3) is 0 Å². The Balaban J connectivity index is 2.03. The van der Waals surface area contributed by atoms with E-state index in [0.717, 1.165) is 12.8 Å². The lowest BCUT2D eigenvalue weighted by Gasteiger charge is -2.15. The Bertz CT molecular complexity index is 348. The summed E-state index contributed by atoms with van der Waals surface area (Å²) in [6.45, 7) is 0. The molecule has 0 saturated heterocycles. The first-order chi connectivity index (χ1) is 7.16. The topological polar surface area (TPSA) is 57.5 Å². The molecule has 0 bridgehead atoms. The number of benzene rings is 1. The molecule has 0 heterocycles. The summed E-state index contributed by atoms with van der Waals surface area (Å²) in [5, 5.41) is 18.3. The zero-order valence-corrected chi connectivity index (χ0v) is 8.39. The standard InChI is InChI=1S/C12H14O3/c13-11(7-12(14)15)10-5-8-3-1-2-4-9(8)6-10/h1-4,10-11,13H,5-7H2,(H,14,15)/t11-/m0/s1. The zero-order chi connectivity index (χ0) is 10.8. The second kappa shape index (κ2) is 4.03. The third kappa shape index (κ3) is 2.18. The normalized spacial score (nSPS) is 17.4. The Morgan fingerprint density at radius 3 is 2.33 bits per heavy atom. The molecule has 15 heavy (non-hydrogen) atoms. The average molecular weight is 206 g/mol. The van der Waals surface area contributed by atoms with Crippen molar-refractivity contribution in [2.75, 3.05) is 0 Å². The fourth-order valence-electron chi connectivity index (χ4n) is 2.21. The SMILES string of the molecule is O=C(O)C[C@H](O)C1Cc2ccccc2C1. The highest BCUT2D eigenvalue weighted by atomic mass is 16.4. The number of aliphatic hydroxyl groups excluding tert-OH is 1. The minimum absolute atomic E-state index is 0.0681. The summed E-state index contributed by atoms with van der Waals surface area (Å²) in [6, 6.07) is 8.04. The fraction of sp³-hybridized carbons (Fsp3) is 0.417. The van der Waals surface area contributed by atoms with Crippen LogP contribution < -0.4 is 0 Å². The van der Waals surface area contributed by atoms with Gasteiger partial charge < -0.3 is 10.2 Å². The van der Waals surface area contributed by atoms with Gasteiger partial charge in [0.05, 0.1) is 12.5 Å². The summed E-state index contributed by atoms with van der Waals surface area (Å²) in [6.07, 6.45) is 0.711. The van der Waals surface area contributed by atoms with E-state index in [1.807, 2.05) is 24.3 Å². The van der Waals surface area contributed by atoms with Crippen LogP contribution in [0.15, 0.2) is 24.3 Å². The number of rotatable bonds is 3. The second-order valence-electron chi connectivity index (χ2n) is 4.10. The van der Waals surface area contributed by atoms with Crippen LogP contribution in [-0.4, -0.2) is 22.3 Å². The van der Waals surface area contributed by atoms with Crippen LogP contribution in [0.2, 0.25) is 0 Å². The molecule has 1 aromatic rings. The third-order valence-electron chi connectivity index (χ3n) is 3.01. The summed E-state index contributed by atoms with van der Waals surface area (Å²) in [5.74, 6) is -0.864. The maximum atomic E-state index is 10.5. The van der Waals surface area contributed by atoms with E-state index >= 15 is 0 Å². The van der Waals surface area contributed by atoms with Crippen molar-refractivity contribution in [3.05, 3.63) is 35.4 Å². The van der Waals surface area contributed by atoms with Gasteiger partial charge in [-0.05, 0) is 29.9 Å². The van der Waals surface area contributed by atoms with Gasteiger partial charge in [0.1, 0.15) is 0 Å². The van der Waals surface area contributed by atoms with Gasteiger partial charge in [-0.1, -0.05) is 24.3 Å². The van der Waals surface area contributed by atoms with Gasteiger partial charge in [-0.25, -0.2) is 0 Å². The van der Waals surface area contributed by atoms with Gasteiger partial charge in [0.15, 0.2) is 0 Å². The summed E-state index contributed by atoms with van der Waals surface area (Å²) in [7, 11) is 0. The molecule has 1 aliphatic rings. The van der Waals surface area contributed by atoms with Crippen molar-refractivity contribution in [1.29, 1.82) is 0 Å². The fourth-order valence-corrected chi connectivity index (χ4v) is 2.21. The molecule has 0 aliphatic heterocycles. The molecule has 0 spiro atoms. The highest BCUT2D eigenvalue weighted by Crippen LogP contribution is 2.29. The average Bonchev–Trinajstić information content (AvgIpc) is 2.59. The molecule has 80 valence electrons. The van der Waals surface area contributed by atoms with Crippen LogP contribution in [0.3, 0.4) is 0 Å². The van der Waals surface area contributed by atoms with Crippen LogP contribution >= 0.6 is 0 Å². The van der Waals surface area contributed by atoms with Crippen LogP contribution in [0.4, 0.5) is 0 Å². The predicted octanol–water partition coefficient (Wildman–Crippen LogP) is 1.24. The number of carboxylic acids is 1. The zero-order valence-electron chi connectivity index (χ0n) is 8.39. The van der Waals surface area contributed by atoms with Crippen LogP contribution in [0.5, 0.6) is 0 Å². The number of hydrogen-bond donors (Lipinski definition) is 2. The minimum Gasteiger partial charge on any atom is -0.481 e. The molecule has 0 saturated carbocycles. The monoisotopic (exact) mass is 206 g/mol. The number of hydrogen-bond acceptors (Lipinski definition) is 2. The Hall–Kier alpha value is -1.35. The molecule has 3 nitrogen and oxygen atoms in total. The van der Waals surface area contributed by atoms with Crippen LogP contribution in [-0.2, 0) is 17.6 Å². The molecule has 0 unspecified atom stereocenters. The molecule has 1 aromatic carbocycles. The van der Waals surface area contributed by atoms with E-state index in [4.69, 9.17) is 5.11 Å². The second-order valence-corrected chi connectivity index (χ2v) is 4.10. The predicted molar refractivity (Wildman–Crippen MR) is 55.6 cm³/mol. The Kier molecular flexibility index (Phi) is 2.73. The van der Waals surface area contributed by atoms with Gasteiger partial charge >= 0.3 is 5.97 Å². The van der Waals surface area contributed by atoms with Crippen molar-refractivity contribution < 1.29 is 15.0 Å². The summed E-state index contributed by atoms with van der Waals surface area (Å²) in [5.41, 5.74) is 2.49.